The highest BCUT2D eigenvalue weighted by molar-refractivity contribution is 7.10. The lowest BCUT2D eigenvalue weighted by molar-refractivity contribution is 1.35. The van der Waals surface area contributed by atoms with Crippen molar-refractivity contribution >= 4 is 34.5 Å². The highest BCUT2D eigenvalue weighted by Gasteiger charge is 2.08. The van der Waals surface area contributed by atoms with E-state index in [9.17, 15) is 0 Å². The van der Waals surface area contributed by atoms with Crippen molar-refractivity contribution in [2.45, 2.75) is 0 Å². The molecular formula is C10H4Cl2N2S. The van der Waals surface area contributed by atoms with Crippen LogP contribution < -0.4 is 0 Å². The summed E-state index contributed by atoms with van der Waals surface area (Å²) in [5.41, 5.74) is 1.50. The Morgan fingerprint density at radius 1 is 1.33 bits per heavy atom. The maximum atomic E-state index is 8.66. The molecule has 0 spiro atoms. The molecule has 0 unspecified atom stereocenters. The zero-order valence-electron chi connectivity index (χ0n) is 7.37. The van der Waals surface area contributed by atoms with Gasteiger partial charge in [-0.05, 0) is 18.2 Å². The van der Waals surface area contributed by atoms with E-state index in [4.69, 9.17) is 28.5 Å². The minimum Gasteiger partial charge on any atom is -0.226 e. The van der Waals surface area contributed by atoms with E-state index in [1.165, 1.54) is 11.3 Å². The summed E-state index contributed by atoms with van der Waals surface area (Å²) in [5, 5.41) is 12.0. The molecule has 0 radical (unpaired) electrons. The molecule has 0 atom stereocenters. The lowest BCUT2D eigenvalue weighted by Gasteiger charge is -2.00. The highest BCUT2D eigenvalue weighted by atomic mass is 35.5. The third kappa shape index (κ3) is 2.13. The van der Waals surface area contributed by atoms with Crippen LogP contribution in [-0.2, 0) is 0 Å². The molecule has 1 aromatic carbocycles. The van der Waals surface area contributed by atoms with Crippen molar-refractivity contribution in [3.8, 4) is 17.3 Å². The van der Waals surface area contributed by atoms with Crippen molar-refractivity contribution < 1.29 is 0 Å². The van der Waals surface area contributed by atoms with Crippen LogP contribution in [0, 0.1) is 11.3 Å². The fourth-order valence-corrected chi connectivity index (χ4v) is 2.26. The Morgan fingerprint density at radius 3 is 2.73 bits per heavy atom. The van der Waals surface area contributed by atoms with Crippen LogP contribution in [0.3, 0.4) is 0 Å². The second kappa shape index (κ2) is 4.19. The van der Waals surface area contributed by atoms with E-state index < -0.39 is 0 Å². The molecule has 15 heavy (non-hydrogen) atoms. The highest BCUT2D eigenvalue weighted by Crippen LogP contribution is 2.30. The van der Waals surface area contributed by atoms with Crippen LogP contribution >= 0.6 is 34.5 Å². The summed E-state index contributed by atoms with van der Waals surface area (Å²) in [6.45, 7) is 0. The lowest BCUT2D eigenvalue weighted by Crippen LogP contribution is -1.80. The summed E-state index contributed by atoms with van der Waals surface area (Å²) in [6, 6.07) is 7.18. The van der Waals surface area contributed by atoms with Crippen molar-refractivity contribution in [3.63, 3.8) is 0 Å². The van der Waals surface area contributed by atoms with Crippen molar-refractivity contribution in [3.05, 3.63) is 38.6 Å². The Balaban J connectivity index is 2.50. The molecule has 0 saturated heterocycles. The van der Waals surface area contributed by atoms with Crippen LogP contribution in [0.5, 0.6) is 0 Å². The first-order chi connectivity index (χ1) is 7.20. The molecule has 2 rings (SSSR count). The molecule has 0 aliphatic carbocycles. The molecule has 0 fully saturated rings. The van der Waals surface area contributed by atoms with Crippen molar-refractivity contribution in [2.75, 3.05) is 0 Å². The summed E-state index contributed by atoms with van der Waals surface area (Å²) in [7, 11) is 0. The number of thiazole rings is 1. The summed E-state index contributed by atoms with van der Waals surface area (Å²) in [4.78, 5) is 4.12. The van der Waals surface area contributed by atoms with Gasteiger partial charge in [0.1, 0.15) is 6.07 Å². The molecule has 2 nitrogen and oxygen atoms in total. The maximum Gasteiger partial charge on any atom is 0.194 e. The predicted octanol–water partition coefficient (Wildman–Crippen LogP) is 3.99. The molecule has 0 amide bonds. The number of nitriles is 1. The normalized spacial score (nSPS) is 9.93. The van der Waals surface area contributed by atoms with E-state index in [0.29, 0.717) is 20.7 Å². The summed E-state index contributed by atoms with van der Waals surface area (Å²) in [5.74, 6) is 0. The van der Waals surface area contributed by atoms with Crippen LogP contribution in [-0.4, -0.2) is 4.98 Å². The first-order valence-electron chi connectivity index (χ1n) is 4.02. The topological polar surface area (TPSA) is 36.7 Å². The quantitative estimate of drug-likeness (QED) is 0.772. The van der Waals surface area contributed by atoms with Gasteiger partial charge in [0.25, 0.3) is 0 Å². The Labute approximate surface area is 101 Å². The fraction of sp³-hybridized carbons (Fsp3) is 0. The number of hydrogen-bond donors (Lipinski definition) is 0. The molecule has 0 aliphatic rings. The number of hydrogen-bond acceptors (Lipinski definition) is 3. The molecule has 5 heteroatoms. The van der Waals surface area contributed by atoms with Gasteiger partial charge in [0.05, 0.1) is 10.7 Å². The molecule has 0 bridgehead atoms. The van der Waals surface area contributed by atoms with Crippen LogP contribution in [0.1, 0.15) is 5.01 Å². The monoisotopic (exact) mass is 254 g/mol. The standard InChI is InChI=1S/C10H4Cl2N2S/c11-6-1-2-7(8(12)3-6)9-5-15-10(4-13)14-9/h1-3,5H. The third-order valence-corrected chi connectivity index (χ3v) is 3.10. The van der Waals surface area contributed by atoms with E-state index in [0.717, 1.165) is 5.56 Å². The number of rotatable bonds is 1. The van der Waals surface area contributed by atoms with Gasteiger partial charge in [-0.15, -0.1) is 11.3 Å². The van der Waals surface area contributed by atoms with Gasteiger partial charge in [0.2, 0.25) is 0 Å². The second-order valence-electron chi connectivity index (χ2n) is 2.77. The first-order valence-corrected chi connectivity index (χ1v) is 5.65. The van der Waals surface area contributed by atoms with E-state index in [2.05, 4.69) is 4.98 Å². The summed E-state index contributed by atoms with van der Waals surface area (Å²) >= 11 is 13.1. The lowest BCUT2D eigenvalue weighted by atomic mass is 10.2. The average molecular weight is 255 g/mol. The smallest absolute Gasteiger partial charge is 0.194 e. The SMILES string of the molecule is N#Cc1nc(-c2ccc(Cl)cc2Cl)cs1. The van der Waals surface area contributed by atoms with E-state index in [1.807, 2.05) is 6.07 Å². The van der Waals surface area contributed by atoms with Gasteiger partial charge < -0.3 is 0 Å². The number of aromatic nitrogens is 1. The summed E-state index contributed by atoms with van der Waals surface area (Å²) < 4.78 is 0. The molecule has 2 aromatic rings. The zero-order valence-corrected chi connectivity index (χ0v) is 9.70. The van der Waals surface area contributed by atoms with Crippen LogP contribution in [0.2, 0.25) is 10.0 Å². The molecule has 0 N–H and O–H groups in total. The van der Waals surface area contributed by atoms with Gasteiger partial charge >= 0.3 is 0 Å². The number of halogens is 2. The van der Waals surface area contributed by atoms with Crippen LogP contribution in [0.4, 0.5) is 0 Å². The van der Waals surface area contributed by atoms with E-state index in [-0.39, 0.29) is 0 Å². The second-order valence-corrected chi connectivity index (χ2v) is 4.48. The fourth-order valence-electron chi connectivity index (χ4n) is 1.15. The first kappa shape index (κ1) is 10.4. The Morgan fingerprint density at radius 2 is 2.13 bits per heavy atom. The summed E-state index contributed by atoms with van der Waals surface area (Å²) in [6.07, 6.45) is 0. The molecule has 0 aliphatic heterocycles. The number of benzene rings is 1. The van der Waals surface area contributed by atoms with Crippen molar-refractivity contribution in [2.24, 2.45) is 0 Å². The minimum absolute atomic E-state index is 0.427. The van der Waals surface area contributed by atoms with Crippen LogP contribution in [0.15, 0.2) is 23.6 Å². The molecular weight excluding hydrogens is 251 g/mol. The van der Waals surface area contributed by atoms with Gasteiger partial charge in [-0.1, -0.05) is 23.2 Å². The average Bonchev–Trinajstić information content (AvgIpc) is 2.66. The van der Waals surface area contributed by atoms with Crippen LogP contribution in [0.25, 0.3) is 11.3 Å². The molecule has 0 saturated carbocycles. The Bertz CT molecular complexity index is 543. The zero-order chi connectivity index (χ0) is 10.8. The molecule has 1 aromatic heterocycles. The van der Waals surface area contributed by atoms with Gasteiger partial charge in [0.15, 0.2) is 5.01 Å². The molecule has 74 valence electrons. The number of nitrogens with zero attached hydrogens (tertiary/aromatic N) is 2. The van der Waals surface area contributed by atoms with Crippen molar-refractivity contribution in [1.82, 2.24) is 4.98 Å². The largest absolute Gasteiger partial charge is 0.226 e. The van der Waals surface area contributed by atoms with Crippen molar-refractivity contribution in [1.29, 1.82) is 5.26 Å². The van der Waals surface area contributed by atoms with E-state index in [1.54, 1.807) is 23.6 Å². The third-order valence-electron chi connectivity index (χ3n) is 1.81. The van der Waals surface area contributed by atoms with E-state index >= 15 is 0 Å². The van der Waals surface area contributed by atoms with Gasteiger partial charge in [0, 0.05) is 16.0 Å². The Hall–Kier alpha value is -1.08. The predicted molar refractivity (Wildman–Crippen MR) is 62.3 cm³/mol. The maximum absolute atomic E-state index is 8.66. The minimum atomic E-state index is 0.427. The Kier molecular flexibility index (Phi) is 2.92. The van der Waals surface area contributed by atoms with Gasteiger partial charge in [-0.25, -0.2) is 4.98 Å². The van der Waals surface area contributed by atoms with Gasteiger partial charge in [-0.3, -0.25) is 0 Å². The van der Waals surface area contributed by atoms with Gasteiger partial charge in [-0.2, -0.15) is 5.26 Å². The molecule has 1 heterocycles.